The molecule has 10 heavy (non-hydrogen) atoms. The van der Waals surface area contributed by atoms with Crippen LogP contribution in [0.3, 0.4) is 0 Å². The zero-order chi connectivity index (χ0) is 7.40. The van der Waals surface area contributed by atoms with Gasteiger partial charge in [-0.1, -0.05) is 42.0 Å². The molecule has 0 fully saturated rings. The van der Waals surface area contributed by atoms with Crippen LogP contribution in [-0.2, 0) is 0 Å². The summed E-state index contributed by atoms with van der Waals surface area (Å²) in [5, 5.41) is 10.4. The van der Waals surface area contributed by atoms with Crippen LogP contribution in [0, 0.1) is 0 Å². The Kier molecular flexibility index (Phi) is 2.35. The summed E-state index contributed by atoms with van der Waals surface area (Å²) >= 11 is 5.68. The summed E-state index contributed by atoms with van der Waals surface area (Å²) in [7, 11) is 0. The molecule has 0 heterocycles. The summed E-state index contributed by atoms with van der Waals surface area (Å²) in [5.41, 5.74) is 0.883. The topological polar surface area (TPSA) is 23.1 Å². The van der Waals surface area contributed by atoms with Gasteiger partial charge >= 0.3 is 0 Å². The van der Waals surface area contributed by atoms with Crippen molar-refractivity contribution in [2.24, 2.45) is 0 Å². The quantitative estimate of drug-likeness (QED) is 0.524. The molecule has 0 aliphatic heterocycles. The summed E-state index contributed by atoms with van der Waals surface area (Å²) in [6.07, 6.45) is 9.45. The van der Waals surface area contributed by atoms with E-state index in [1.165, 1.54) is 6.08 Å². The lowest BCUT2D eigenvalue weighted by Gasteiger charge is -1.93. The van der Waals surface area contributed by atoms with Crippen molar-refractivity contribution >= 4 is 11.6 Å². The second-order valence-electron chi connectivity index (χ2n) is 1.82. The summed E-state index contributed by atoms with van der Waals surface area (Å²) in [5.74, 6) is 0. The Morgan fingerprint density at radius 2 is 2.00 bits per heavy atom. The van der Waals surface area contributed by atoms with Gasteiger partial charge in [0.25, 0.3) is 0 Å². The standard InChI is InChI=1S/C8H7ClO/c9-8(5-6-10)7-3-1-2-4-7/h1-6,10H/p-1. The predicted molar refractivity (Wildman–Crippen MR) is 40.3 cm³/mol. The lowest BCUT2D eigenvalue weighted by Crippen LogP contribution is -1.84. The van der Waals surface area contributed by atoms with E-state index < -0.39 is 0 Å². The molecule has 0 spiro atoms. The van der Waals surface area contributed by atoms with Crippen LogP contribution in [0.4, 0.5) is 0 Å². The Morgan fingerprint density at radius 3 is 2.50 bits per heavy atom. The van der Waals surface area contributed by atoms with Gasteiger partial charge in [0.2, 0.25) is 0 Å². The van der Waals surface area contributed by atoms with E-state index in [2.05, 4.69) is 0 Å². The molecule has 1 nitrogen and oxygen atoms in total. The van der Waals surface area contributed by atoms with Crippen molar-refractivity contribution in [3.8, 4) is 0 Å². The van der Waals surface area contributed by atoms with Crippen molar-refractivity contribution in [2.45, 2.75) is 0 Å². The van der Waals surface area contributed by atoms with Crippen molar-refractivity contribution in [3.05, 3.63) is 47.2 Å². The van der Waals surface area contributed by atoms with Gasteiger partial charge in [-0.3, -0.25) is 0 Å². The molecule has 0 atom stereocenters. The average molecular weight is 154 g/mol. The highest BCUT2D eigenvalue weighted by Crippen LogP contribution is 2.16. The fourth-order valence-electron chi connectivity index (χ4n) is 0.689. The fourth-order valence-corrected chi connectivity index (χ4v) is 0.867. The maximum absolute atomic E-state index is 9.95. The van der Waals surface area contributed by atoms with Crippen LogP contribution in [0.2, 0.25) is 0 Å². The predicted octanol–water partition coefficient (Wildman–Crippen LogP) is 1.48. The van der Waals surface area contributed by atoms with E-state index in [0.29, 0.717) is 11.3 Å². The number of allylic oxidation sites excluding steroid dienone is 7. The minimum absolute atomic E-state index is 0.486. The molecule has 0 aromatic rings. The van der Waals surface area contributed by atoms with Crippen molar-refractivity contribution in [2.75, 3.05) is 0 Å². The fraction of sp³-hybridized carbons (Fsp3) is 0. The first-order chi connectivity index (χ1) is 4.84. The largest absolute Gasteiger partial charge is 0.878 e. The number of rotatable bonds is 1. The molecule has 0 aromatic carbocycles. The second kappa shape index (κ2) is 3.28. The van der Waals surface area contributed by atoms with E-state index in [0.717, 1.165) is 5.57 Å². The third-order valence-electron chi connectivity index (χ3n) is 1.15. The minimum Gasteiger partial charge on any atom is -0.878 e. The van der Waals surface area contributed by atoms with Crippen LogP contribution in [0.25, 0.3) is 0 Å². The Labute approximate surface area is 64.6 Å². The van der Waals surface area contributed by atoms with Gasteiger partial charge in [0.05, 0.1) is 0 Å². The van der Waals surface area contributed by atoms with Crippen LogP contribution in [0.1, 0.15) is 0 Å². The first-order valence-corrected chi connectivity index (χ1v) is 3.25. The molecule has 1 aliphatic carbocycles. The maximum Gasteiger partial charge on any atom is 0.0466 e. The van der Waals surface area contributed by atoms with Gasteiger partial charge in [0.1, 0.15) is 0 Å². The van der Waals surface area contributed by atoms with Crippen molar-refractivity contribution in [1.29, 1.82) is 0 Å². The van der Waals surface area contributed by atoms with Gasteiger partial charge in [0.15, 0.2) is 0 Å². The van der Waals surface area contributed by atoms with Crippen LogP contribution < -0.4 is 5.11 Å². The van der Waals surface area contributed by atoms with Crippen LogP contribution in [0.5, 0.6) is 0 Å². The molecule has 0 N–H and O–H groups in total. The van der Waals surface area contributed by atoms with E-state index in [1.807, 2.05) is 24.3 Å². The molecule has 0 unspecified atom stereocenters. The molecule has 0 aromatic heterocycles. The van der Waals surface area contributed by atoms with Crippen molar-refractivity contribution in [1.82, 2.24) is 0 Å². The lowest BCUT2D eigenvalue weighted by molar-refractivity contribution is -0.274. The number of halogens is 1. The third-order valence-corrected chi connectivity index (χ3v) is 1.50. The van der Waals surface area contributed by atoms with Gasteiger partial charge in [-0.25, -0.2) is 0 Å². The molecule has 2 heteroatoms. The van der Waals surface area contributed by atoms with Gasteiger partial charge < -0.3 is 5.11 Å². The molecule has 0 amide bonds. The molecule has 0 radical (unpaired) electrons. The minimum atomic E-state index is 0.486. The highest BCUT2D eigenvalue weighted by atomic mass is 35.5. The molecule has 0 saturated carbocycles. The summed E-state index contributed by atoms with van der Waals surface area (Å²) in [6, 6.07) is 0. The van der Waals surface area contributed by atoms with E-state index in [4.69, 9.17) is 11.6 Å². The zero-order valence-corrected chi connectivity index (χ0v) is 6.01. The van der Waals surface area contributed by atoms with E-state index in [-0.39, 0.29) is 0 Å². The van der Waals surface area contributed by atoms with Crippen LogP contribution in [0.15, 0.2) is 47.2 Å². The Bertz CT molecular complexity index is 220. The zero-order valence-electron chi connectivity index (χ0n) is 5.25. The first-order valence-electron chi connectivity index (χ1n) is 2.87. The average Bonchev–Trinajstić information content (AvgIpc) is 2.38. The third kappa shape index (κ3) is 1.52. The summed E-state index contributed by atoms with van der Waals surface area (Å²) in [6.45, 7) is 0. The van der Waals surface area contributed by atoms with Crippen molar-refractivity contribution < 1.29 is 5.11 Å². The monoisotopic (exact) mass is 153 g/mol. The van der Waals surface area contributed by atoms with Gasteiger partial charge in [-0.15, -0.1) is 6.26 Å². The molecule has 52 valence electrons. The van der Waals surface area contributed by atoms with Crippen LogP contribution in [-0.4, -0.2) is 0 Å². The molecular formula is C8H6ClO-. The van der Waals surface area contributed by atoms with E-state index in [9.17, 15) is 5.11 Å². The maximum atomic E-state index is 9.95. The summed E-state index contributed by atoms with van der Waals surface area (Å²) in [4.78, 5) is 0. The molecular weight excluding hydrogens is 148 g/mol. The highest BCUT2D eigenvalue weighted by molar-refractivity contribution is 6.32. The molecule has 1 rings (SSSR count). The molecule has 0 saturated heterocycles. The highest BCUT2D eigenvalue weighted by Gasteiger charge is 1.95. The number of hydrogen-bond donors (Lipinski definition) is 0. The van der Waals surface area contributed by atoms with Gasteiger partial charge in [-0.05, 0) is 5.57 Å². The normalized spacial score (nSPS) is 15.5. The van der Waals surface area contributed by atoms with Crippen molar-refractivity contribution in [3.63, 3.8) is 0 Å². The molecule has 0 bridgehead atoms. The summed E-state index contributed by atoms with van der Waals surface area (Å²) < 4.78 is 0. The van der Waals surface area contributed by atoms with Gasteiger partial charge in [0, 0.05) is 5.03 Å². The SMILES string of the molecule is [O-]C=CC(Cl)=C1C=CC=C1. The van der Waals surface area contributed by atoms with E-state index in [1.54, 1.807) is 0 Å². The smallest absolute Gasteiger partial charge is 0.0466 e. The van der Waals surface area contributed by atoms with Gasteiger partial charge in [-0.2, -0.15) is 0 Å². The Balaban J connectivity index is 2.85. The second-order valence-corrected chi connectivity index (χ2v) is 2.23. The number of hydrogen-bond acceptors (Lipinski definition) is 1. The van der Waals surface area contributed by atoms with Crippen LogP contribution >= 0.6 is 11.6 Å². The Hall–Kier alpha value is -0.950. The molecule has 1 aliphatic rings. The first kappa shape index (κ1) is 7.16. The lowest BCUT2D eigenvalue weighted by atomic mass is 10.3. The van der Waals surface area contributed by atoms with E-state index >= 15 is 0 Å². The Morgan fingerprint density at radius 1 is 1.40 bits per heavy atom.